The predicted octanol–water partition coefficient (Wildman–Crippen LogP) is 26.5. The molecule has 0 fully saturated rings. The minimum Gasteiger partial charge on any atom is -0.462 e. The number of hydrogen-bond donors (Lipinski definition) is 1. The Balaban J connectivity index is 3.90. The molecule has 0 aromatic rings. The molecular formula is C82H155NO8P+. The number of unbranched alkanes of at least 4 members (excludes halogenated alkanes) is 51. The normalized spacial score (nSPS) is 13.3. The van der Waals surface area contributed by atoms with Gasteiger partial charge in [-0.1, -0.05) is 370 Å². The van der Waals surface area contributed by atoms with E-state index < -0.39 is 26.5 Å². The van der Waals surface area contributed by atoms with Gasteiger partial charge in [0.05, 0.1) is 27.7 Å². The monoisotopic (exact) mass is 1310 g/mol. The molecule has 0 saturated heterocycles. The second-order valence-electron chi connectivity index (χ2n) is 28.4. The lowest BCUT2D eigenvalue weighted by atomic mass is 10.0. The smallest absolute Gasteiger partial charge is 0.462 e. The van der Waals surface area contributed by atoms with E-state index in [0.29, 0.717) is 23.9 Å². The van der Waals surface area contributed by atoms with Crippen LogP contribution in [0.2, 0.25) is 0 Å². The third kappa shape index (κ3) is 76.7. The zero-order valence-corrected chi connectivity index (χ0v) is 62.7. The van der Waals surface area contributed by atoms with Crippen LogP contribution in [-0.2, 0) is 32.7 Å². The van der Waals surface area contributed by atoms with Gasteiger partial charge in [-0.15, -0.1) is 0 Å². The quantitative estimate of drug-likeness (QED) is 0.0211. The van der Waals surface area contributed by atoms with E-state index in [2.05, 4.69) is 74.6 Å². The van der Waals surface area contributed by atoms with Crippen LogP contribution in [0.15, 0.2) is 60.8 Å². The number of carbonyl (C=O) groups excluding carboxylic acids is 2. The molecule has 0 rings (SSSR count). The SMILES string of the molecule is CC/C=C\C/C=C\C/C=C\C/C=C\CCCCCCCCCCCCCCCCCCCCCCCCCCCCC(=O)OC(COC(=O)CCCCCCCCCCCCCCCCCCC/C=C\CCCCCCCCCC)COP(=O)(O)OCC[N+](C)(C)C. The lowest BCUT2D eigenvalue weighted by Crippen LogP contribution is -2.37. The minimum absolute atomic E-state index is 0.0344. The van der Waals surface area contributed by atoms with Gasteiger partial charge in [-0.2, -0.15) is 0 Å². The number of likely N-dealkylation sites (N-methyl/N-ethyl adjacent to an activating group) is 1. The summed E-state index contributed by atoms with van der Waals surface area (Å²) in [5.74, 6) is -0.773. The molecule has 0 aliphatic carbocycles. The van der Waals surface area contributed by atoms with E-state index >= 15 is 0 Å². The number of esters is 2. The van der Waals surface area contributed by atoms with Crippen molar-refractivity contribution in [2.24, 2.45) is 0 Å². The number of ether oxygens (including phenoxy) is 2. The zero-order chi connectivity index (χ0) is 66.9. The van der Waals surface area contributed by atoms with Crippen LogP contribution in [0.3, 0.4) is 0 Å². The highest BCUT2D eigenvalue weighted by Crippen LogP contribution is 2.43. The Morgan fingerprint density at radius 1 is 0.348 bits per heavy atom. The first-order valence-electron chi connectivity index (χ1n) is 40.0. The fourth-order valence-corrected chi connectivity index (χ4v) is 12.7. The van der Waals surface area contributed by atoms with Gasteiger partial charge in [0, 0.05) is 12.8 Å². The molecule has 2 unspecified atom stereocenters. The van der Waals surface area contributed by atoms with E-state index in [4.69, 9.17) is 18.5 Å². The Labute approximate surface area is 572 Å². The number of carbonyl (C=O) groups is 2. The molecular weight excluding hydrogens is 1160 g/mol. The maximum Gasteiger partial charge on any atom is 0.472 e. The molecule has 0 aromatic carbocycles. The summed E-state index contributed by atoms with van der Waals surface area (Å²) in [5.41, 5.74) is 0. The predicted molar refractivity (Wildman–Crippen MR) is 400 cm³/mol. The number of phosphoric acid groups is 1. The summed E-state index contributed by atoms with van der Waals surface area (Å²) >= 11 is 0. The lowest BCUT2D eigenvalue weighted by Gasteiger charge is -2.24. The number of hydrogen-bond acceptors (Lipinski definition) is 7. The van der Waals surface area contributed by atoms with Gasteiger partial charge >= 0.3 is 19.8 Å². The van der Waals surface area contributed by atoms with Crippen molar-refractivity contribution < 1.29 is 42.1 Å². The highest BCUT2D eigenvalue weighted by atomic mass is 31.2. The third-order valence-electron chi connectivity index (χ3n) is 18.0. The van der Waals surface area contributed by atoms with E-state index in [9.17, 15) is 19.0 Å². The summed E-state index contributed by atoms with van der Waals surface area (Å²) in [6.07, 6.45) is 98.0. The van der Waals surface area contributed by atoms with Crippen LogP contribution in [0.25, 0.3) is 0 Å². The average molecular weight is 1310 g/mol. The van der Waals surface area contributed by atoms with Crippen molar-refractivity contribution >= 4 is 19.8 Å². The van der Waals surface area contributed by atoms with Crippen LogP contribution in [0.1, 0.15) is 399 Å². The van der Waals surface area contributed by atoms with Gasteiger partial charge in [-0.25, -0.2) is 4.57 Å². The van der Waals surface area contributed by atoms with Crippen LogP contribution in [-0.4, -0.2) is 74.9 Å². The molecule has 0 aromatic heterocycles. The molecule has 0 heterocycles. The molecule has 0 aliphatic rings. The first-order chi connectivity index (χ1) is 45.0. The van der Waals surface area contributed by atoms with Crippen LogP contribution in [0.5, 0.6) is 0 Å². The molecule has 1 N–H and O–H groups in total. The van der Waals surface area contributed by atoms with Gasteiger partial charge in [0.15, 0.2) is 6.10 Å². The number of quaternary nitrogens is 1. The first-order valence-corrected chi connectivity index (χ1v) is 41.5. The van der Waals surface area contributed by atoms with Gasteiger partial charge < -0.3 is 18.9 Å². The second-order valence-corrected chi connectivity index (χ2v) is 29.9. The van der Waals surface area contributed by atoms with Crippen LogP contribution >= 0.6 is 7.82 Å². The van der Waals surface area contributed by atoms with Crippen LogP contribution in [0.4, 0.5) is 0 Å². The Bertz CT molecular complexity index is 1740. The van der Waals surface area contributed by atoms with Crippen LogP contribution < -0.4 is 0 Å². The van der Waals surface area contributed by atoms with E-state index in [1.807, 2.05) is 21.1 Å². The van der Waals surface area contributed by atoms with E-state index in [1.54, 1.807) is 0 Å². The summed E-state index contributed by atoms with van der Waals surface area (Å²) < 4.78 is 34.8. The van der Waals surface area contributed by atoms with Crippen molar-refractivity contribution in [3.05, 3.63) is 60.8 Å². The molecule has 0 bridgehead atoms. The lowest BCUT2D eigenvalue weighted by molar-refractivity contribution is -0.870. The van der Waals surface area contributed by atoms with Crippen molar-refractivity contribution in [3.63, 3.8) is 0 Å². The van der Waals surface area contributed by atoms with Crippen molar-refractivity contribution in [1.29, 1.82) is 0 Å². The molecule has 92 heavy (non-hydrogen) atoms. The van der Waals surface area contributed by atoms with Gasteiger partial charge in [0.25, 0.3) is 0 Å². The number of nitrogens with zero attached hydrogens (tertiary/aromatic N) is 1. The molecule has 2 atom stereocenters. The van der Waals surface area contributed by atoms with Gasteiger partial charge in [-0.05, 0) is 77.0 Å². The average Bonchev–Trinajstić information content (AvgIpc) is 2.14. The Hall–Kier alpha value is -2.29. The molecule has 0 saturated carbocycles. The fraction of sp³-hybridized carbons (Fsp3) is 0.854. The minimum atomic E-state index is -4.39. The van der Waals surface area contributed by atoms with E-state index in [-0.39, 0.29) is 25.6 Å². The topological polar surface area (TPSA) is 108 Å². The standard InChI is InChI=1S/C82H154NO8P/c1-6-8-10-12-14-16-18-20-22-24-26-28-30-32-34-36-37-38-39-40-41-42-43-44-45-47-49-51-53-55-57-59-61-63-65-67-69-71-73-75-82(85)91-80(79-90-92(86,87)89-77-76-83(3,4)5)78-88-81(84)74-72-70-68-66-64-62-60-58-56-54-52-50-48-46-35-33-31-29-27-25-23-21-19-17-15-13-11-9-7-2/h8,10,14,16,20,22,25-28,80H,6-7,9,11-13,15,17-19,21,23-24,29-79H2,1-5H3/p+1/b10-8-,16-14-,22-20-,27-25-,28-26-. The largest absolute Gasteiger partial charge is 0.472 e. The molecule has 0 radical (unpaired) electrons. The summed E-state index contributed by atoms with van der Waals surface area (Å²) in [6, 6.07) is 0. The Morgan fingerprint density at radius 3 is 0.935 bits per heavy atom. The summed E-state index contributed by atoms with van der Waals surface area (Å²) in [4.78, 5) is 36.0. The summed E-state index contributed by atoms with van der Waals surface area (Å²) in [5, 5.41) is 0. The highest BCUT2D eigenvalue weighted by molar-refractivity contribution is 7.47. The van der Waals surface area contributed by atoms with Crippen molar-refractivity contribution in [2.75, 3.05) is 47.5 Å². The molecule has 0 spiro atoms. The summed E-state index contributed by atoms with van der Waals surface area (Å²) in [7, 11) is 1.50. The van der Waals surface area contributed by atoms with Crippen molar-refractivity contribution in [1.82, 2.24) is 0 Å². The number of phosphoric ester groups is 1. The van der Waals surface area contributed by atoms with Gasteiger partial charge in [0.1, 0.15) is 19.8 Å². The first kappa shape index (κ1) is 89.7. The molecule has 540 valence electrons. The third-order valence-corrected chi connectivity index (χ3v) is 19.0. The second kappa shape index (κ2) is 73.0. The van der Waals surface area contributed by atoms with Crippen LogP contribution in [0, 0.1) is 0 Å². The maximum atomic E-state index is 12.9. The highest BCUT2D eigenvalue weighted by Gasteiger charge is 2.27. The van der Waals surface area contributed by atoms with Gasteiger partial charge in [-0.3, -0.25) is 18.6 Å². The van der Waals surface area contributed by atoms with E-state index in [1.165, 1.54) is 308 Å². The number of rotatable bonds is 75. The van der Waals surface area contributed by atoms with Crippen molar-refractivity contribution in [2.45, 2.75) is 405 Å². The summed E-state index contributed by atoms with van der Waals surface area (Å²) in [6.45, 7) is 4.39. The fourth-order valence-electron chi connectivity index (χ4n) is 12.0. The Kier molecular flexibility index (Phi) is 71.2. The van der Waals surface area contributed by atoms with E-state index in [0.717, 1.165) is 57.8 Å². The molecule has 0 aliphatic heterocycles. The molecule has 10 heteroatoms. The van der Waals surface area contributed by atoms with Gasteiger partial charge in [0.2, 0.25) is 0 Å². The molecule has 0 amide bonds. The molecule has 9 nitrogen and oxygen atoms in total. The zero-order valence-electron chi connectivity index (χ0n) is 61.8. The van der Waals surface area contributed by atoms with Crippen molar-refractivity contribution in [3.8, 4) is 0 Å². The maximum absolute atomic E-state index is 12.9. The Morgan fingerprint density at radius 2 is 0.620 bits per heavy atom. The number of allylic oxidation sites excluding steroid dienone is 10.